The Morgan fingerprint density at radius 3 is 1.94 bits per heavy atom. The minimum atomic E-state index is -1.51. The maximum Gasteiger partial charge on any atom is 0.412 e. The van der Waals surface area contributed by atoms with Crippen LogP contribution < -0.4 is 10.1 Å². The van der Waals surface area contributed by atoms with E-state index in [0.29, 0.717) is 22.4 Å². The zero-order valence-corrected chi connectivity index (χ0v) is 17.6. The van der Waals surface area contributed by atoms with Crippen LogP contribution in [0, 0.1) is 0 Å². The summed E-state index contributed by atoms with van der Waals surface area (Å²) >= 11 is 0. The van der Waals surface area contributed by atoms with Gasteiger partial charge in [-0.05, 0) is 30.4 Å². The molecule has 4 aromatic rings. The number of carbonyl (C=O) groups excluding carboxylic acids is 1. The molecule has 156 valence electrons. The van der Waals surface area contributed by atoms with Crippen molar-refractivity contribution >= 4 is 16.9 Å². The van der Waals surface area contributed by atoms with Crippen LogP contribution in [-0.4, -0.2) is 17.2 Å². The molecule has 4 aromatic carbocycles. The zero-order chi connectivity index (χ0) is 21.8. The quantitative estimate of drug-likeness (QED) is 0.419. The lowest BCUT2D eigenvalue weighted by Crippen LogP contribution is -2.34. The Balaban J connectivity index is 1.99. The number of aliphatic hydroxyl groups is 1. The molecule has 2 N–H and O–H groups in total. The fourth-order valence-electron chi connectivity index (χ4n) is 3.83. The van der Waals surface area contributed by atoms with Gasteiger partial charge in [0.25, 0.3) is 0 Å². The van der Waals surface area contributed by atoms with E-state index < -0.39 is 11.7 Å². The molecule has 4 nitrogen and oxygen atoms in total. The highest BCUT2D eigenvalue weighted by Gasteiger charge is 2.37. The summed E-state index contributed by atoms with van der Waals surface area (Å²) in [4.78, 5) is 12.6. The fraction of sp³-hybridized carbons (Fsp3) is 0.148. The standard InChI is InChI=1S/C27H25NO3/c1-19(2)28-26(29)31-25-23-16-10-9-11-20(23)17-18-24(25)27(30,21-12-5-3-6-13-21)22-14-7-4-8-15-22/h3-19,30H,1-2H3,(H,28,29). The van der Waals surface area contributed by atoms with E-state index in [1.165, 1.54) is 0 Å². The van der Waals surface area contributed by atoms with Gasteiger partial charge in [0.1, 0.15) is 11.4 Å². The van der Waals surface area contributed by atoms with Crippen molar-refractivity contribution in [1.82, 2.24) is 5.32 Å². The maximum atomic E-state index is 12.6. The monoisotopic (exact) mass is 411 g/mol. The smallest absolute Gasteiger partial charge is 0.409 e. The molecule has 0 spiro atoms. The Morgan fingerprint density at radius 1 is 0.806 bits per heavy atom. The molecule has 0 saturated carbocycles. The first kappa shape index (κ1) is 20.6. The van der Waals surface area contributed by atoms with Crippen molar-refractivity contribution in [2.45, 2.75) is 25.5 Å². The van der Waals surface area contributed by atoms with E-state index in [2.05, 4.69) is 5.32 Å². The molecular weight excluding hydrogens is 386 g/mol. The van der Waals surface area contributed by atoms with Gasteiger partial charge < -0.3 is 15.2 Å². The van der Waals surface area contributed by atoms with Gasteiger partial charge in [-0.15, -0.1) is 0 Å². The van der Waals surface area contributed by atoms with Crippen molar-refractivity contribution in [3.63, 3.8) is 0 Å². The number of rotatable bonds is 5. The van der Waals surface area contributed by atoms with Gasteiger partial charge in [-0.25, -0.2) is 4.79 Å². The molecule has 0 radical (unpaired) electrons. The van der Waals surface area contributed by atoms with Crippen LogP contribution in [0.3, 0.4) is 0 Å². The van der Waals surface area contributed by atoms with E-state index in [4.69, 9.17) is 4.74 Å². The molecule has 1 amide bonds. The molecule has 31 heavy (non-hydrogen) atoms. The van der Waals surface area contributed by atoms with Crippen LogP contribution in [0.25, 0.3) is 10.8 Å². The topological polar surface area (TPSA) is 58.6 Å². The van der Waals surface area contributed by atoms with E-state index in [1.807, 2.05) is 111 Å². The van der Waals surface area contributed by atoms with Crippen molar-refractivity contribution in [3.8, 4) is 5.75 Å². The molecule has 0 atom stereocenters. The number of hydrogen-bond donors (Lipinski definition) is 2. The minimum absolute atomic E-state index is 0.0759. The number of carbonyl (C=O) groups is 1. The molecule has 0 aliphatic carbocycles. The summed E-state index contributed by atoms with van der Waals surface area (Å²) in [5.74, 6) is 0.339. The highest BCUT2D eigenvalue weighted by molar-refractivity contribution is 5.92. The van der Waals surface area contributed by atoms with Crippen LogP contribution in [-0.2, 0) is 5.60 Å². The van der Waals surface area contributed by atoms with Crippen LogP contribution in [0.5, 0.6) is 5.75 Å². The van der Waals surface area contributed by atoms with E-state index in [0.717, 1.165) is 10.8 Å². The molecule has 0 saturated heterocycles. The molecule has 4 rings (SSSR count). The average Bonchev–Trinajstić information content (AvgIpc) is 2.79. The average molecular weight is 412 g/mol. The Bertz CT molecular complexity index is 1150. The SMILES string of the molecule is CC(C)NC(=O)Oc1c(C(O)(c2ccccc2)c2ccccc2)ccc2ccccc12. The van der Waals surface area contributed by atoms with Gasteiger partial charge in [0.2, 0.25) is 0 Å². The van der Waals surface area contributed by atoms with Gasteiger partial charge in [0.05, 0.1) is 0 Å². The van der Waals surface area contributed by atoms with Gasteiger partial charge >= 0.3 is 6.09 Å². The first-order valence-corrected chi connectivity index (χ1v) is 10.3. The van der Waals surface area contributed by atoms with E-state index in [1.54, 1.807) is 0 Å². The van der Waals surface area contributed by atoms with Gasteiger partial charge in [0.15, 0.2) is 0 Å². The third-order valence-corrected chi connectivity index (χ3v) is 5.25. The second-order valence-corrected chi connectivity index (χ2v) is 7.79. The van der Waals surface area contributed by atoms with Crippen molar-refractivity contribution in [3.05, 3.63) is 114 Å². The molecule has 0 aromatic heterocycles. The Labute approximate surface area is 182 Å². The molecule has 0 fully saturated rings. The van der Waals surface area contributed by atoms with Crippen LogP contribution in [0.2, 0.25) is 0 Å². The molecule has 0 aliphatic rings. The summed E-state index contributed by atoms with van der Waals surface area (Å²) in [6.07, 6.45) is -0.559. The lowest BCUT2D eigenvalue weighted by molar-refractivity contribution is 0.122. The van der Waals surface area contributed by atoms with Crippen LogP contribution in [0.15, 0.2) is 97.1 Å². The number of fused-ring (bicyclic) bond motifs is 1. The molecule has 0 bridgehead atoms. The van der Waals surface area contributed by atoms with Crippen LogP contribution in [0.1, 0.15) is 30.5 Å². The number of benzene rings is 4. The number of ether oxygens (including phenoxy) is 1. The van der Waals surface area contributed by atoms with Crippen LogP contribution in [0.4, 0.5) is 4.79 Å². The predicted molar refractivity (Wildman–Crippen MR) is 123 cm³/mol. The van der Waals surface area contributed by atoms with Crippen molar-refractivity contribution < 1.29 is 14.6 Å². The minimum Gasteiger partial charge on any atom is -0.409 e. The second-order valence-electron chi connectivity index (χ2n) is 7.79. The van der Waals surface area contributed by atoms with Gasteiger partial charge in [0, 0.05) is 17.0 Å². The lowest BCUT2D eigenvalue weighted by atomic mass is 9.79. The first-order chi connectivity index (χ1) is 15.0. The third kappa shape index (κ3) is 4.03. The second kappa shape index (κ2) is 8.62. The van der Waals surface area contributed by atoms with E-state index in [-0.39, 0.29) is 6.04 Å². The predicted octanol–water partition coefficient (Wildman–Crippen LogP) is 5.62. The Kier molecular flexibility index (Phi) is 5.74. The van der Waals surface area contributed by atoms with Gasteiger partial charge in [-0.3, -0.25) is 0 Å². The molecule has 0 unspecified atom stereocenters. The van der Waals surface area contributed by atoms with Gasteiger partial charge in [-0.2, -0.15) is 0 Å². The summed E-state index contributed by atoms with van der Waals surface area (Å²) in [5.41, 5.74) is 0.360. The van der Waals surface area contributed by atoms with Crippen molar-refractivity contribution in [2.75, 3.05) is 0 Å². The highest BCUT2D eigenvalue weighted by Crippen LogP contribution is 2.44. The number of amides is 1. The van der Waals surface area contributed by atoms with Crippen molar-refractivity contribution in [2.24, 2.45) is 0 Å². The summed E-state index contributed by atoms with van der Waals surface area (Å²) in [6, 6.07) is 30.2. The largest absolute Gasteiger partial charge is 0.412 e. The van der Waals surface area contributed by atoms with E-state index >= 15 is 0 Å². The van der Waals surface area contributed by atoms with Crippen molar-refractivity contribution in [1.29, 1.82) is 0 Å². The number of nitrogens with one attached hydrogen (secondary N) is 1. The lowest BCUT2D eigenvalue weighted by Gasteiger charge is -2.32. The third-order valence-electron chi connectivity index (χ3n) is 5.25. The summed E-state index contributed by atoms with van der Waals surface area (Å²) in [6.45, 7) is 3.74. The zero-order valence-electron chi connectivity index (χ0n) is 17.6. The van der Waals surface area contributed by atoms with E-state index in [9.17, 15) is 9.90 Å². The summed E-state index contributed by atoms with van der Waals surface area (Å²) < 4.78 is 5.85. The molecule has 0 heterocycles. The maximum absolute atomic E-state index is 12.6. The first-order valence-electron chi connectivity index (χ1n) is 10.3. The van der Waals surface area contributed by atoms with Crippen LogP contribution >= 0.6 is 0 Å². The highest BCUT2D eigenvalue weighted by atomic mass is 16.6. The van der Waals surface area contributed by atoms with Gasteiger partial charge in [-0.1, -0.05) is 97.1 Å². The normalized spacial score (nSPS) is 11.5. The summed E-state index contributed by atoms with van der Waals surface area (Å²) in [5, 5.41) is 16.7. The Hall–Kier alpha value is -3.63. The fourth-order valence-corrected chi connectivity index (χ4v) is 3.83. The summed E-state index contributed by atoms with van der Waals surface area (Å²) in [7, 11) is 0. The number of hydrogen-bond acceptors (Lipinski definition) is 3. The Morgan fingerprint density at radius 2 is 1.35 bits per heavy atom. The molecule has 0 aliphatic heterocycles. The molecular formula is C27H25NO3. The molecule has 4 heteroatoms.